The van der Waals surface area contributed by atoms with Crippen LogP contribution in [0.4, 0.5) is 4.39 Å². The summed E-state index contributed by atoms with van der Waals surface area (Å²) >= 11 is 8.74. The molecule has 0 aliphatic carbocycles. The van der Waals surface area contributed by atoms with Gasteiger partial charge in [-0.2, -0.15) is 0 Å². The maximum absolute atomic E-state index is 12.8. The minimum absolute atomic E-state index is 0.0636. The molecule has 0 aromatic heterocycles. The summed E-state index contributed by atoms with van der Waals surface area (Å²) in [7, 11) is 0. The fourth-order valence-electron chi connectivity index (χ4n) is 0.979. The first kappa shape index (κ1) is 12.5. The molecule has 1 unspecified atom stereocenters. The molecular formula is C10H10BrClFNO. The Bertz CT molecular complexity index is 370. The molecule has 15 heavy (non-hydrogen) atoms. The molecule has 1 N–H and O–H groups in total. The molecule has 2 nitrogen and oxygen atoms in total. The van der Waals surface area contributed by atoms with Crippen molar-refractivity contribution in [3.63, 3.8) is 0 Å². The smallest absolute Gasteiger partial charge is 0.233 e. The van der Waals surface area contributed by atoms with E-state index in [-0.39, 0.29) is 15.8 Å². The SMILES string of the molecule is CC(Br)C(=O)NCc1ccc(F)c(Cl)c1. The summed E-state index contributed by atoms with van der Waals surface area (Å²) in [6, 6.07) is 4.36. The average molecular weight is 295 g/mol. The third-order valence-electron chi connectivity index (χ3n) is 1.81. The predicted octanol–water partition coefficient (Wildman–Crippen LogP) is 2.88. The van der Waals surface area contributed by atoms with Crippen LogP contribution < -0.4 is 5.32 Å². The standard InChI is InChI=1S/C10H10BrClFNO/c1-6(11)10(15)14-5-7-2-3-9(13)8(12)4-7/h2-4,6H,5H2,1H3,(H,14,15). The van der Waals surface area contributed by atoms with Gasteiger partial charge in [0.05, 0.1) is 9.85 Å². The Morgan fingerprint density at radius 3 is 2.87 bits per heavy atom. The molecule has 0 spiro atoms. The summed E-state index contributed by atoms with van der Waals surface area (Å²) in [4.78, 5) is 11.0. The number of carbonyl (C=O) groups is 1. The summed E-state index contributed by atoms with van der Waals surface area (Å²) in [5.41, 5.74) is 0.767. The Balaban J connectivity index is 2.58. The van der Waals surface area contributed by atoms with Crippen LogP contribution in [0.5, 0.6) is 0 Å². The number of nitrogens with one attached hydrogen (secondary N) is 1. The van der Waals surface area contributed by atoms with Gasteiger partial charge in [0.25, 0.3) is 0 Å². The number of alkyl halides is 1. The minimum Gasteiger partial charge on any atom is -0.351 e. The van der Waals surface area contributed by atoms with Crippen molar-refractivity contribution < 1.29 is 9.18 Å². The van der Waals surface area contributed by atoms with Crippen molar-refractivity contribution in [3.05, 3.63) is 34.6 Å². The molecule has 0 radical (unpaired) electrons. The van der Waals surface area contributed by atoms with Gasteiger partial charge in [-0.05, 0) is 24.6 Å². The van der Waals surface area contributed by atoms with Crippen LogP contribution in [0.25, 0.3) is 0 Å². The first-order valence-corrected chi connectivity index (χ1v) is 5.66. The third-order valence-corrected chi connectivity index (χ3v) is 2.52. The van der Waals surface area contributed by atoms with Gasteiger partial charge in [0.1, 0.15) is 5.82 Å². The van der Waals surface area contributed by atoms with Gasteiger partial charge < -0.3 is 5.32 Å². The second-order valence-electron chi connectivity index (χ2n) is 3.08. The summed E-state index contributed by atoms with van der Waals surface area (Å²) in [5.74, 6) is -0.573. The van der Waals surface area contributed by atoms with E-state index in [4.69, 9.17) is 11.6 Å². The first-order chi connectivity index (χ1) is 7.00. The molecule has 0 bridgehead atoms. The lowest BCUT2D eigenvalue weighted by Gasteiger charge is -2.07. The molecule has 5 heteroatoms. The van der Waals surface area contributed by atoms with Crippen molar-refractivity contribution in [2.45, 2.75) is 18.3 Å². The van der Waals surface area contributed by atoms with Crippen LogP contribution in [0.15, 0.2) is 18.2 Å². The van der Waals surface area contributed by atoms with Crippen molar-refractivity contribution in [1.29, 1.82) is 0 Å². The van der Waals surface area contributed by atoms with Crippen LogP contribution in [-0.4, -0.2) is 10.7 Å². The Labute approximate surface area is 101 Å². The number of rotatable bonds is 3. The number of halogens is 3. The number of hydrogen-bond acceptors (Lipinski definition) is 1. The molecule has 1 aromatic carbocycles. The highest BCUT2D eigenvalue weighted by Gasteiger charge is 2.08. The Morgan fingerprint density at radius 1 is 1.67 bits per heavy atom. The molecule has 0 fully saturated rings. The van der Waals surface area contributed by atoms with Crippen molar-refractivity contribution in [2.24, 2.45) is 0 Å². The predicted molar refractivity (Wildman–Crippen MR) is 61.6 cm³/mol. The van der Waals surface area contributed by atoms with Gasteiger partial charge >= 0.3 is 0 Å². The zero-order valence-electron chi connectivity index (χ0n) is 8.06. The van der Waals surface area contributed by atoms with Gasteiger partial charge in [-0.3, -0.25) is 4.79 Å². The van der Waals surface area contributed by atoms with E-state index in [1.54, 1.807) is 13.0 Å². The van der Waals surface area contributed by atoms with E-state index >= 15 is 0 Å². The molecule has 82 valence electrons. The zero-order chi connectivity index (χ0) is 11.4. The maximum Gasteiger partial charge on any atom is 0.233 e. The normalized spacial score (nSPS) is 12.3. The topological polar surface area (TPSA) is 29.1 Å². The highest BCUT2D eigenvalue weighted by Crippen LogP contribution is 2.15. The quantitative estimate of drug-likeness (QED) is 0.853. The van der Waals surface area contributed by atoms with Gasteiger partial charge in [0, 0.05) is 6.54 Å². The second-order valence-corrected chi connectivity index (χ2v) is 4.86. The summed E-state index contributed by atoms with van der Waals surface area (Å²) in [5, 5.41) is 2.74. The summed E-state index contributed by atoms with van der Waals surface area (Å²) in [6.45, 7) is 2.07. The van der Waals surface area contributed by atoms with Crippen LogP contribution in [0.2, 0.25) is 5.02 Å². The van der Waals surface area contributed by atoms with E-state index < -0.39 is 5.82 Å². The van der Waals surface area contributed by atoms with Crippen molar-refractivity contribution in [3.8, 4) is 0 Å². The Kier molecular flexibility index (Phi) is 4.54. The zero-order valence-corrected chi connectivity index (χ0v) is 10.4. The van der Waals surface area contributed by atoms with Crippen molar-refractivity contribution in [1.82, 2.24) is 5.32 Å². The van der Waals surface area contributed by atoms with E-state index in [1.165, 1.54) is 12.1 Å². The Morgan fingerprint density at radius 2 is 2.33 bits per heavy atom. The van der Waals surface area contributed by atoms with Crippen LogP contribution in [-0.2, 0) is 11.3 Å². The summed E-state index contributed by atoms with van der Waals surface area (Å²) in [6.07, 6.45) is 0. The fourth-order valence-corrected chi connectivity index (χ4v) is 1.34. The lowest BCUT2D eigenvalue weighted by molar-refractivity contribution is -0.120. The summed E-state index contributed by atoms with van der Waals surface area (Å²) < 4.78 is 12.8. The molecule has 0 saturated heterocycles. The number of benzene rings is 1. The largest absolute Gasteiger partial charge is 0.351 e. The van der Waals surface area contributed by atoms with E-state index in [0.717, 1.165) is 5.56 Å². The molecular weight excluding hydrogens is 284 g/mol. The monoisotopic (exact) mass is 293 g/mol. The molecule has 1 atom stereocenters. The average Bonchev–Trinajstić information content (AvgIpc) is 2.19. The van der Waals surface area contributed by atoms with E-state index in [1.807, 2.05) is 0 Å². The van der Waals surface area contributed by atoms with Crippen molar-refractivity contribution >= 4 is 33.4 Å². The number of hydrogen-bond donors (Lipinski definition) is 1. The molecule has 0 saturated carbocycles. The van der Waals surface area contributed by atoms with Crippen LogP contribution in [0.1, 0.15) is 12.5 Å². The molecule has 0 aliphatic rings. The van der Waals surface area contributed by atoms with E-state index in [2.05, 4.69) is 21.2 Å². The maximum atomic E-state index is 12.8. The van der Waals surface area contributed by atoms with Gasteiger partial charge in [0.2, 0.25) is 5.91 Å². The molecule has 1 amide bonds. The third kappa shape index (κ3) is 3.80. The lowest BCUT2D eigenvalue weighted by Crippen LogP contribution is -2.28. The Hall–Kier alpha value is -0.610. The van der Waals surface area contributed by atoms with Crippen molar-refractivity contribution in [2.75, 3.05) is 0 Å². The highest BCUT2D eigenvalue weighted by molar-refractivity contribution is 9.10. The minimum atomic E-state index is -0.458. The number of carbonyl (C=O) groups excluding carboxylic acids is 1. The van der Waals surface area contributed by atoms with E-state index in [0.29, 0.717) is 6.54 Å². The highest BCUT2D eigenvalue weighted by atomic mass is 79.9. The number of amides is 1. The van der Waals surface area contributed by atoms with E-state index in [9.17, 15) is 9.18 Å². The molecule has 0 aliphatic heterocycles. The van der Waals surface area contributed by atoms with Crippen LogP contribution in [0, 0.1) is 5.82 Å². The van der Waals surface area contributed by atoms with Gasteiger partial charge in [-0.25, -0.2) is 4.39 Å². The van der Waals surface area contributed by atoms with Gasteiger partial charge in [0.15, 0.2) is 0 Å². The molecule has 0 heterocycles. The van der Waals surface area contributed by atoms with Crippen LogP contribution in [0.3, 0.4) is 0 Å². The van der Waals surface area contributed by atoms with Gasteiger partial charge in [-0.1, -0.05) is 33.6 Å². The molecule has 1 rings (SSSR count). The first-order valence-electron chi connectivity index (χ1n) is 4.36. The van der Waals surface area contributed by atoms with Crippen LogP contribution >= 0.6 is 27.5 Å². The lowest BCUT2D eigenvalue weighted by atomic mass is 10.2. The van der Waals surface area contributed by atoms with Gasteiger partial charge in [-0.15, -0.1) is 0 Å². The molecule has 1 aromatic rings. The second kappa shape index (κ2) is 5.47. The fraction of sp³-hybridized carbons (Fsp3) is 0.300.